The number of para-hydroxylation sites is 1. The van der Waals surface area contributed by atoms with Gasteiger partial charge in [-0.1, -0.05) is 18.2 Å². The Morgan fingerprint density at radius 1 is 1.19 bits per heavy atom. The summed E-state index contributed by atoms with van der Waals surface area (Å²) in [5.41, 5.74) is 2.89. The first kappa shape index (κ1) is 13.5. The molecule has 4 heteroatoms. The van der Waals surface area contributed by atoms with Crippen LogP contribution in [-0.4, -0.2) is 21.8 Å². The highest BCUT2D eigenvalue weighted by atomic mass is 16.5. The van der Waals surface area contributed by atoms with E-state index in [1.807, 2.05) is 36.4 Å². The molecule has 1 aromatic heterocycles. The van der Waals surface area contributed by atoms with Crippen LogP contribution in [-0.2, 0) is 13.0 Å². The molecule has 0 aliphatic heterocycles. The van der Waals surface area contributed by atoms with Crippen molar-refractivity contribution < 1.29 is 9.84 Å². The molecule has 3 aromatic rings. The Morgan fingerprint density at radius 3 is 2.71 bits per heavy atom. The Balaban J connectivity index is 2.07. The quantitative estimate of drug-likeness (QED) is 0.798. The predicted octanol–water partition coefficient (Wildman–Crippen LogP) is 3.36. The van der Waals surface area contributed by atoms with Crippen LogP contribution in [0.5, 0.6) is 11.5 Å². The van der Waals surface area contributed by atoms with E-state index in [1.54, 1.807) is 13.2 Å². The molecular formula is C17H18N2O2. The van der Waals surface area contributed by atoms with Gasteiger partial charge in [0.2, 0.25) is 0 Å². The van der Waals surface area contributed by atoms with E-state index in [0.717, 1.165) is 34.7 Å². The number of nitrogens with zero attached hydrogens (tertiary/aromatic N) is 2. The van der Waals surface area contributed by atoms with E-state index >= 15 is 0 Å². The number of hydrogen-bond donors (Lipinski definition) is 1. The number of hydrogen-bond acceptors (Lipinski definition) is 3. The molecule has 0 spiro atoms. The number of phenols is 1. The van der Waals surface area contributed by atoms with E-state index in [0.29, 0.717) is 12.2 Å². The minimum atomic E-state index is 0.310. The van der Waals surface area contributed by atoms with Gasteiger partial charge in [0.15, 0.2) is 0 Å². The van der Waals surface area contributed by atoms with Crippen molar-refractivity contribution in [3.8, 4) is 11.5 Å². The molecule has 4 nitrogen and oxygen atoms in total. The second kappa shape index (κ2) is 5.48. The number of aromatic nitrogens is 2. The summed E-state index contributed by atoms with van der Waals surface area (Å²) in [6.45, 7) is 2.94. The van der Waals surface area contributed by atoms with Gasteiger partial charge in [0, 0.05) is 24.6 Å². The standard InChI is InChI=1S/C17H18N2O2/c1-3-19-15-9-8-13(21-2)11-14(15)18-17(19)10-12-6-4-5-7-16(12)20/h4-9,11,20H,3,10H2,1-2H3. The highest BCUT2D eigenvalue weighted by Gasteiger charge is 2.12. The molecule has 2 aromatic carbocycles. The first-order valence-electron chi connectivity index (χ1n) is 7.03. The summed E-state index contributed by atoms with van der Waals surface area (Å²) in [6, 6.07) is 13.3. The van der Waals surface area contributed by atoms with Crippen molar-refractivity contribution in [2.24, 2.45) is 0 Å². The molecule has 0 saturated heterocycles. The molecule has 108 valence electrons. The number of rotatable bonds is 4. The number of fused-ring (bicyclic) bond motifs is 1. The lowest BCUT2D eigenvalue weighted by Gasteiger charge is -2.07. The van der Waals surface area contributed by atoms with Crippen LogP contribution in [0.3, 0.4) is 0 Å². The van der Waals surface area contributed by atoms with E-state index in [4.69, 9.17) is 9.72 Å². The Hall–Kier alpha value is -2.49. The SMILES string of the molecule is CCn1c(Cc2ccccc2O)nc2cc(OC)ccc21. The normalized spacial score (nSPS) is 11.0. The molecule has 0 saturated carbocycles. The molecule has 0 unspecified atom stereocenters. The topological polar surface area (TPSA) is 47.3 Å². The Kier molecular flexibility index (Phi) is 3.52. The van der Waals surface area contributed by atoms with Gasteiger partial charge in [0.1, 0.15) is 17.3 Å². The molecular weight excluding hydrogens is 264 g/mol. The second-order valence-corrected chi connectivity index (χ2v) is 4.93. The van der Waals surface area contributed by atoms with E-state index in [-0.39, 0.29) is 0 Å². The fourth-order valence-electron chi connectivity index (χ4n) is 2.60. The predicted molar refractivity (Wildman–Crippen MR) is 82.9 cm³/mol. The minimum absolute atomic E-state index is 0.310. The third-order valence-corrected chi connectivity index (χ3v) is 3.69. The number of aromatic hydroxyl groups is 1. The molecule has 0 atom stereocenters. The Bertz CT molecular complexity index is 778. The largest absolute Gasteiger partial charge is 0.508 e. The summed E-state index contributed by atoms with van der Waals surface area (Å²) < 4.78 is 7.42. The van der Waals surface area contributed by atoms with Crippen LogP contribution in [0.1, 0.15) is 18.3 Å². The van der Waals surface area contributed by atoms with Gasteiger partial charge in [-0.3, -0.25) is 0 Å². The number of ether oxygens (including phenoxy) is 1. The average molecular weight is 282 g/mol. The van der Waals surface area contributed by atoms with Crippen LogP contribution < -0.4 is 4.74 Å². The van der Waals surface area contributed by atoms with Crippen molar-refractivity contribution >= 4 is 11.0 Å². The molecule has 1 N–H and O–H groups in total. The third-order valence-electron chi connectivity index (χ3n) is 3.69. The maximum Gasteiger partial charge on any atom is 0.121 e. The van der Waals surface area contributed by atoms with Crippen LogP contribution in [0.25, 0.3) is 11.0 Å². The second-order valence-electron chi connectivity index (χ2n) is 4.93. The highest BCUT2D eigenvalue weighted by molar-refractivity contribution is 5.78. The van der Waals surface area contributed by atoms with E-state index < -0.39 is 0 Å². The van der Waals surface area contributed by atoms with Gasteiger partial charge < -0.3 is 14.4 Å². The number of imidazole rings is 1. The maximum absolute atomic E-state index is 9.94. The number of methoxy groups -OCH3 is 1. The zero-order valence-corrected chi connectivity index (χ0v) is 12.2. The van der Waals surface area contributed by atoms with Gasteiger partial charge in [-0.2, -0.15) is 0 Å². The van der Waals surface area contributed by atoms with Gasteiger partial charge in [0.05, 0.1) is 18.1 Å². The number of aryl methyl sites for hydroxylation is 1. The summed E-state index contributed by atoms with van der Waals surface area (Å²) in [5.74, 6) is 2.06. The fourth-order valence-corrected chi connectivity index (χ4v) is 2.60. The number of benzene rings is 2. The summed E-state index contributed by atoms with van der Waals surface area (Å²) in [7, 11) is 1.65. The van der Waals surface area contributed by atoms with Crippen molar-refractivity contribution in [2.75, 3.05) is 7.11 Å². The Labute approximate surface area is 123 Å². The third kappa shape index (κ3) is 2.44. The lowest BCUT2D eigenvalue weighted by atomic mass is 10.1. The molecule has 21 heavy (non-hydrogen) atoms. The van der Waals surface area contributed by atoms with Gasteiger partial charge in [-0.15, -0.1) is 0 Å². The average Bonchev–Trinajstić information content (AvgIpc) is 2.85. The van der Waals surface area contributed by atoms with Crippen molar-refractivity contribution in [1.29, 1.82) is 0 Å². The van der Waals surface area contributed by atoms with Crippen molar-refractivity contribution in [3.63, 3.8) is 0 Å². The molecule has 0 radical (unpaired) electrons. The molecule has 0 fully saturated rings. The van der Waals surface area contributed by atoms with Crippen molar-refractivity contribution in [1.82, 2.24) is 9.55 Å². The van der Waals surface area contributed by atoms with Crippen LogP contribution in [0.2, 0.25) is 0 Å². The van der Waals surface area contributed by atoms with Crippen molar-refractivity contribution in [3.05, 3.63) is 53.9 Å². The van der Waals surface area contributed by atoms with Crippen LogP contribution >= 0.6 is 0 Å². The first-order chi connectivity index (χ1) is 10.2. The van der Waals surface area contributed by atoms with E-state index in [9.17, 15) is 5.11 Å². The zero-order chi connectivity index (χ0) is 14.8. The minimum Gasteiger partial charge on any atom is -0.508 e. The molecule has 1 heterocycles. The molecule has 0 aliphatic rings. The summed E-state index contributed by atoms with van der Waals surface area (Å²) in [4.78, 5) is 4.70. The van der Waals surface area contributed by atoms with Crippen LogP contribution in [0, 0.1) is 0 Å². The van der Waals surface area contributed by atoms with Gasteiger partial charge in [0.25, 0.3) is 0 Å². The van der Waals surface area contributed by atoms with Gasteiger partial charge >= 0.3 is 0 Å². The summed E-state index contributed by atoms with van der Waals surface area (Å²) >= 11 is 0. The fraction of sp³-hybridized carbons (Fsp3) is 0.235. The van der Waals surface area contributed by atoms with Crippen LogP contribution in [0.4, 0.5) is 0 Å². The highest BCUT2D eigenvalue weighted by Crippen LogP contribution is 2.25. The smallest absolute Gasteiger partial charge is 0.121 e. The van der Waals surface area contributed by atoms with Crippen LogP contribution in [0.15, 0.2) is 42.5 Å². The molecule has 3 rings (SSSR count). The monoisotopic (exact) mass is 282 g/mol. The van der Waals surface area contributed by atoms with Gasteiger partial charge in [-0.25, -0.2) is 4.98 Å². The van der Waals surface area contributed by atoms with Gasteiger partial charge in [-0.05, 0) is 25.1 Å². The van der Waals surface area contributed by atoms with E-state index in [2.05, 4.69) is 11.5 Å². The lowest BCUT2D eigenvalue weighted by Crippen LogP contribution is -2.02. The number of phenolic OH excluding ortho intramolecular Hbond substituents is 1. The maximum atomic E-state index is 9.94. The summed E-state index contributed by atoms with van der Waals surface area (Å²) in [5, 5.41) is 9.94. The molecule has 0 bridgehead atoms. The zero-order valence-electron chi connectivity index (χ0n) is 12.2. The lowest BCUT2D eigenvalue weighted by molar-refractivity contribution is 0.415. The van der Waals surface area contributed by atoms with Crippen molar-refractivity contribution in [2.45, 2.75) is 19.9 Å². The Morgan fingerprint density at radius 2 is 2.00 bits per heavy atom. The van der Waals surface area contributed by atoms with E-state index in [1.165, 1.54) is 0 Å². The first-order valence-corrected chi connectivity index (χ1v) is 7.03. The molecule has 0 aliphatic carbocycles. The summed E-state index contributed by atoms with van der Waals surface area (Å²) in [6.07, 6.45) is 0.609. The molecule has 0 amide bonds.